The van der Waals surface area contributed by atoms with Gasteiger partial charge in [0.25, 0.3) is 0 Å². The van der Waals surface area contributed by atoms with E-state index in [0.717, 1.165) is 5.56 Å². The van der Waals surface area contributed by atoms with Gasteiger partial charge in [0.15, 0.2) is 0 Å². The van der Waals surface area contributed by atoms with Crippen molar-refractivity contribution in [3.8, 4) is 0 Å². The molecule has 1 saturated heterocycles. The summed E-state index contributed by atoms with van der Waals surface area (Å²) in [6.07, 6.45) is -0.585. The lowest BCUT2D eigenvalue weighted by Gasteiger charge is -2.38. The van der Waals surface area contributed by atoms with Crippen molar-refractivity contribution in [1.82, 2.24) is 4.90 Å². The second-order valence-electron chi connectivity index (χ2n) is 7.00. The van der Waals surface area contributed by atoms with Crippen LogP contribution in [0, 0.1) is 0 Å². The highest BCUT2D eigenvalue weighted by molar-refractivity contribution is 8.00. The highest BCUT2D eigenvalue weighted by Gasteiger charge is 2.42. The van der Waals surface area contributed by atoms with E-state index in [1.165, 1.54) is 0 Å². The van der Waals surface area contributed by atoms with E-state index < -0.39 is 11.6 Å². The lowest BCUT2D eigenvalue weighted by atomic mass is 10.0. The van der Waals surface area contributed by atoms with Gasteiger partial charge >= 0.3 is 6.09 Å². The average Bonchev–Trinajstić information content (AvgIpc) is 3.05. The number of rotatable bonds is 5. The Labute approximate surface area is 178 Å². The highest BCUT2D eigenvalue weighted by atomic mass is 35.5. The molecule has 8 heteroatoms. The Balaban J connectivity index is 1.66. The van der Waals surface area contributed by atoms with E-state index in [0.29, 0.717) is 21.5 Å². The van der Waals surface area contributed by atoms with Gasteiger partial charge in [-0.05, 0) is 55.8 Å². The minimum absolute atomic E-state index is 0.0108. The van der Waals surface area contributed by atoms with Gasteiger partial charge in [-0.2, -0.15) is 0 Å². The van der Waals surface area contributed by atoms with Crippen molar-refractivity contribution in [2.45, 2.75) is 24.8 Å². The van der Waals surface area contributed by atoms with Crippen molar-refractivity contribution in [2.75, 3.05) is 17.7 Å². The molecular formula is C20H20Cl2N2O3S. The predicted octanol–water partition coefficient (Wildman–Crippen LogP) is 5.59. The summed E-state index contributed by atoms with van der Waals surface area (Å²) in [5, 5.41) is 3.73. The lowest BCUT2D eigenvalue weighted by molar-refractivity contribution is -0.134. The maximum absolute atomic E-state index is 12.5. The molecule has 0 spiro atoms. The molecule has 1 heterocycles. The topological polar surface area (TPSA) is 58.6 Å². The number of ether oxygens (including phenoxy) is 1. The van der Waals surface area contributed by atoms with Crippen molar-refractivity contribution >= 4 is 52.7 Å². The number of halogens is 2. The molecular weight excluding hydrogens is 419 g/mol. The van der Waals surface area contributed by atoms with Gasteiger partial charge in [-0.15, -0.1) is 11.8 Å². The third-order valence-corrected chi connectivity index (χ3v) is 6.04. The summed E-state index contributed by atoms with van der Waals surface area (Å²) in [5.41, 5.74) is 0.889. The summed E-state index contributed by atoms with van der Waals surface area (Å²) < 4.78 is 5.40. The van der Waals surface area contributed by atoms with Crippen LogP contribution in [0.2, 0.25) is 10.0 Å². The highest BCUT2D eigenvalue weighted by Crippen LogP contribution is 2.43. The molecule has 0 aliphatic carbocycles. The minimum Gasteiger partial charge on any atom is -0.447 e. The molecule has 2 aromatic rings. The molecule has 1 aliphatic rings. The standard InChI is InChI=1S/C20H20Cl2N2O3S/c1-20(2,12-27-19(26)23-16-9-7-15(22)8-10-16)24-17(25)11-28-18(24)13-3-5-14(21)6-4-13/h3-10,18H,11-12H2,1-2H3,(H,23,26)/t18-/m0/s1. The van der Waals surface area contributed by atoms with Crippen molar-refractivity contribution in [3.63, 3.8) is 0 Å². The fourth-order valence-corrected chi connectivity index (χ4v) is 4.54. The third kappa shape index (κ3) is 4.93. The van der Waals surface area contributed by atoms with Gasteiger partial charge in [0.2, 0.25) is 5.91 Å². The Morgan fingerprint density at radius 1 is 1.14 bits per heavy atom. The molecule has 28 heavy (non-hydrogen) atoms. The normalized spacial score (nSPS) is 16.9. The summed E-state index contributed by atoms with van der Waals surface area (Å²) in [4.78, 5) is 26.5. The third-order valence-electron chi connectivity index (χ3n) is 4.32. The van der Waals surface area contributed by atoms with Crippen LogP contribution >= 0.6 is 35.0 Å². The van der Waals surface area contributed by atoms with Crippen molar-refractivity contribution in [2.24, 2.45) is 0 Å². The first-order chi connectivity index (χ1) is 13.3. The summed E-state index contributed by atoms with van der Waals surface area (Å²) >= 11 is 13.4. The van der Waals surface area contributed by atoms with E-state index in [-0.39, 0.29) is 17.9 Å². The SMILES string of the molecule is CC(C)(COC(=O)Nc1ccc(Cl)cc1)N1C(=O)CS[C@H]1c1ccc(Cl)cc1. The molecule has 148 valence electrons. The first-order valence-electron chi connectivity index (χ1n) is 8.65. The number of hydrogen-bond donors (Lipinski definition) is 1. The zero-order valence-corrected chi connectivity index (χ0v) is 17.8. The van der Waals surface area contributed by atoms with E-state index in [1.54, 1.807) is 40.9 Å². The number of anilines is 1. The molecule has 1 atom stereocenters. The fraction of sp³-hybridized carbons (Fsp3) is 0.300. The van der Waals surface area contributed by atoms with Gasteiger partial charge in [-0.3, -0.25) is 10.1 Å². The number of carbonyl (C=O) groups is 2. The molecule has 0 aromatic heterocycles. The molecule has 0 bridgehead atoms. The minimum atomic E-state index is -0.678. The second-order valence-corrected chi connectivity index (χ2v) is 8.94. The predicted molar refractivity (Wildman–Crippen MR) is 114 cm³/mol. The molecule has 1 fully saturated rings. The van der Waals surface area contributed by atoms with E-state index in [1.807, 2.05) is 38.1 Å². The van der Waals surface area contributed by atoms with Gasteiger partial charge in [-0.1, -0.05) is 35.3 Å². The van der Waals surface area contributed by atoms with Gasteiger partial charge in [0, 0.05) is 15.7 Å². The van der Waals surface area contributed by atoms with Crippen molar-refractivity contribution in [1.29, 1.82) is 0 Å². The van der Waals surface area contributed by atoms with Crippen molar-refractivity contribution < 1.29 is 14.3 Å². The molecule has 0 unspecified atom stereocenters. The first kappa shape index (κ1) is 20.8. The van der Waals surface area contributed by atoms with Crippen LogP contribution in [0.5, 0.6) is 0 Å². The Bertz CT molecular complexity index is 857. The quantitative estimate of drug-likeness (QED) is 0.660. The molecule has 0 saturated carbocycles. The Morgan fingerprint density at radius 3 is 2.32 bits per heavy atom. The van der Waals surface area contributed by atoms with E-state index in [4.69, 9.17) is 27.9 Å². The first-order valence-corrected chi connectivity index (χ1v) is 10.5. The van der Waals surface area contributed by atoms with Crippen LogP contribution in [0.4, 0.5) is 10.5 Å². The molecule has 5 nitrogen and oxygen atoms in total. The summed E-state index contributed by atoms with van der Waals surface area (Å²) in [6, 6.07) is 14.2. The zero-order chi connectivity index (χ0) is 20.3. The smallest absolute Gasteiger partial charge is 0.411 e. The Morgan fingerprint density at radius 2 is 1.71 bits per heavy atom. The molecule has 2 aromatic carbocycles. The van der Waals surface area contributed by atoms with Crippen LogP contribution in [0.15, 0.2) is 48.5 Å². The average molecular weight is 439 g/mol. The van der Waals surface area contributed by atoms with Gasteiger partial charge in [0.05, 0.1) is 11.3 Å². The van der Waals surface area contributed by atoms with Crippen LogP contribution in [0.1, 0.15) is 24.8 Å². The number of nitrogens with one attached hydrogen (secondary N) is 1. The van der Waals surface area contributed by atoms with E-state index in [2.05, 4.69) is 5.32 Å². The molecule has 3 rings (SSSR count). The van der Waals surface area contributed by atoms with E-state index >= 15 is 0 Å². The fourth-order valence-electron chi connectivity index (χ4n) is 2.95. The summed E-state index contributed by atoms with van der Waals surface area (Å²) in [6.45, 7) is 3.83. The summed E-state index contributed by atoms with van der Waals surface area (Å²) in [5.74, 6) is 0.393. The van der Waals surface area contributed by atoms with Crippen molar-refractivity contribution in [3.05, 3.63) is 64.1 Å². The van der Waals surface area contributed by atoms with E-state index in [9.17, 15) is 9.59 Å². The number of amides is 2. The van der Waals surface area contributed by atoms with Gasteiger partial charge in [-0.25, -0.2) is 4.79 Å². The Kier molecular flexibility index (Phi) is 6.43. The molecule has 0 radical (unpaired) electrons. The van der Waals surface area contributed by atoms with Crippen LogP contribution in [-0.4, -0.2) is 34.8 Å². The zero-order valence-electron chi connectivity index (χ0n) is 15.4. The Hall–Kier alpha value is -1.89. The largest absolute Gasteiger partial charge is 0.447 e. The van der Waals surface area contributed by atoms with Crippen LogP contribution in [-0.2, 0) is 9.53 Å². The number of hydrogen-bond acceptors (Lipinski definition) is 4. The second kappa shape index (κ2) is 8.64. The molecule has 2 amide bonds. The number of benzene rings is 2. The van der Waals surface area contributed by atoms with Gasteiger partial charge in [0.1, 0.15) is 12.0 Å². The lowest BCUT2D eigenvalue weighted by Crippen LogP contribution is -2.49. The molecule has 1 N–H and O–H groups in total. The van der Waals surface area contributed by atoms with Gasteiger partial charge < -0.3 is 9.64 Å². The summed E-state index contributed by atoms with van der Waals surface area (Å²) in [7, 11) is 0. The van der Waals surface area contributed by atoms with Crippen LogP contribution in [0.25, 0.3) is 0 Å². The maximum atomic E-state index is 12.5. The number of nitrogens with zero attached hydrogens (tertiary/aromatic N) is 1. The maximum Gasteiger partial charge on any atom is 0.411 e. The number of carbonyl (C=O) groups excluding carboxylic acids is 2. The monoisotopic (exact) mass is 438 g/mol. The molecule has 1 aliphatic heterocycles. The van der Waals surface area contributed by atoms with Crippen LogP contribution in [0.3, 0.4) is 0 Å². The van der Waals surface area contributed by atoms with Crippen LogP contribution < -0.4 is 5.32 Å². The number of thioether (sulfide) groups is 1.